The first-order valence-corrected chi connectivity index (χ1v) is 10.5. The summed E-state index contributed by atoms with van der Waals surface area (Å²) in [5.74, 6) is -0.140. The number of carbonyl (C=O) groups excluding carboxylic acids is 2. The van der Waals surface area contributed by atoms with Crippen molar-refractivity contribution in [1.29, 1.82) is 0 Å². The summed E-state index contributed by atoms with van der Waals surface area (Å²) in [6.45, 7) is 2.10. The predicted octanol–water partition coefficient (Wildman–Crippen LogP) is 5.32. The van der Waals surface area contributed by atoms with Crippen molar-refractivity contribution >= 4 is 29.3 Å². The van der Waals surface area contributed by atoms with Crippen LogP contribution >= 0.6 is 11.8 Å². The van der Waals surface area contributed by atoms with E-state index in [1.165, 1.54) is 0 Å². The number of esters is 1. The van der Waals surface area contributed by atoms with Crippen molar-refractivity contribution in [1.82, 2.24) is 0 Å². The second-order valence-electron chi connectivity index (χ2n) is 6.36. The van der Waals surface area contributed by atoms with Gasteiger partial charge in [0.2, 0.25) is 5.91 Å². The highest BCUT2D eigenvalue weighted by molar-refractivity contribution is 8.00. The van der Waals surface area contributed by atoms with Crippen LogP contribution in [0.2, 0.25) is 0 Å². The molecule has 0 heterocycles. The Morgan fingerprint density at radius 2 is 1.41 bits per heavy atom. The quantitative estimate of drug-likeness (QED) is 0.515. The van der Waals surface area contributed by atoms with Crippen molar-refractivity contribution in [3.8, 4) is 0 Å². The van der Waals surface area contributed by atoms with E-state index in [4.69, 9.17) is 4.74 Å². The van der Waals surface area contributed by atoms with Crippen molar-refractivity contribution in [3.63, 3.8) is 0 Å². The molecule has 0 aliphatic carbocycles. The van der Waals surface area contributed by atoms with E-state index in [1.54, 1.807) is 43.0 Å². The minimum Gasteiger partial charge on any atom is -0.462 e. The third kappa shape index (κ3) is 5.96. The maximum Gasteiger partial charge on any atom is 0.338 e. The van der Waals surface area contributed by atoms with Crippen LogP contribution in [0.15, 0.2) is 84.9 Å². The Morgan fingerprint density at radius 1 is 0.862 bits per heavy atom. The third-order valence-corrected chi connectivity index (χ3v) is 5.57. The first-order chi connectivity index (χ1) is 14.2. The van der Waals surface area contributed by atoms with Crippen LogP contribution in [-0.4, -0.2) is 24.2 Å². The van der Waals surface area contributed by atoms with E-state index in [2.05, 4.69) is 29.6 Å². The molecule has 148 valence electrons. The topological polar surface area (TPSA) is 55.4 Å². The van der Waals surface area contributed by atoms with Gasteiger partial charge in [-0.2, -0.15) is 0 Å². The number of hydrogen-bond donors (Lipinski definition) is 1. The van der Waals surface area contributed by atoms with E-state index in [0.29, 0.717) is 23.6 Å². The SMILES string of the molecule is CCOC(=O)c1ccc(NC(=O)CSC(c2ccccc2)c2ccccc2)cc1. The molecule has 1 N–H and O–H groups in total. The Kier molecular flexibility index (Phi) is 7.47. The van der Waals surface area contributed by atoms with Crippen LogP contribution in [0.1, 0.15) is 33.7 Å². The number of hydrogen-bond acceptors (Lipinski definition) is 4. The van der Waals surface area contributed by atoms with Gasteiger partial charge in [-0.3, -0.25) is 4.79 Å². The van der Waals surface area contributed by atoms with Gasteiger partial charge in [-0.25, -0.2) is 4.79 Å². The maximum atomic E-state index is 12.5. The zero-order valence-corrected chi connectivity index (χ0v) is 17.0. The zero-order valence-electron chi connectivity index (χ0n) is 16.2. The van der Waals surface area contributed by atoms with Crippen molar-refractivity contribution in [2.45, 2.75) is 12.2 Å². The standard InChI is InChI=1S/C24H23NO3S/c1-2-28-24(27)20-13-15-21(16-14-20)25-22(26)17-29-23(18-9-5-3-6-10-18)19-11-7-4-8-12-19/h3-16,23H,2,17H2,1H3,(H,25,26). The molecule has 0 saturated heterocycles. The van der Waals surface area contributed by atoms with E-state index >= 15 is 0 Å². The van der Waals surface area contributed by atoms with Gasteiger partial charge in [0, 0.05) is 5.69 Å². The van der Waals surface area contributed by atoms with Crippen LogP contribution in [0.5, 0.6) is 0 Å². The number of amides is 1. The van der Waals surface area contributed by atoms with Gasteiger partial charge in [-0.1, -0.05) is 60.7 Å². The lowest BCUT2D eigenvalue weighted by Crippen LogP contribution is -2.15. The van der Waals surface area contributed by atoms with E-state index in [1.807, 2.05) is 36.4 Å². The fourth-order valence-corrected chi connectivity index (χ4v) is 3.99. The molecular formula is C24H23NO3S. The summed E-state index contributed by atoms with van der Waals surface area (Å²) in [4.78, 5) is 24.2. The summed E-state index contributed by atoms with van der Waals surface area (Å²) in [5, 5.41) is 2.96. The van der Waals surface area contributed by atoms with E-state index in [0.717, 1.165) is 11.1 Å². The Bertz CT molecular complexity index is 888. The molecule has 0 spiro atoms. The minimum absolute atomic E-state index is 0.0781. The van der Waals surface area contributed by atoms with Gasteiger partial charge in [-0.05, 0) is 42.3 Å². The minimum atomic E-state index is -0.366. The number of benzene rings is 3. The van der Waals surface area contributed by atoms with Gasteiger partial charge in [0.1, 0.15) is 0 Å². The van der Waals surface area contributed by atoms with Gasteiger partial charge in [0.15, 0.2) is 0 Å². The molecule has 0 saturated carbocycles. The van der Waals surface area contributed by atoms with Crippen molar-refractivity contribution in [2.75, 3.05) is 17.7 Å². The van der Waals surface area contributed by atoms with Crippen LogP contribution < -0.4 is 5.32 Å². The summed E-state index contributed by atoms with van der Waals surface area (Å²) < 4.78 is 4.97. The Balaban J connectivity index is 1.62. The Morgan fingerprint density at radius 3 is 1.93 bits per heavy atom. The summed E-state index contributed by atoms with van der Waals surface area (Å²) in [6, 6.07) is 27.1. The molecule has 0 aliphatic rings. The number of thioether (sulfide) groups is 1. The van der Waals surface area contributed by atoms with Crippen LogP contribution in [0.4, 0.5) is 5.69 Å². The average molecular weight is 406 g/mol. The first-order valence-electron chi connectivity index (χ1n) is 9.46. The van der Waals surface area contributed by atoms with Crippen LogP contribution in [-0.2, 0) is 9.53 Å². The molecule has 4 nitrogen and oxygen atoms in total. The maximum absolute atomic E-state index is 12.5. The van der Waals surface area contributed by atoms with Crippen molar-refractivity contribution in [2.24, 2.45) is 0 Å². The molecule has 29 heavy (non-hydrogen) atoms. The van der Waals surface area contributed by atoms with Gasteiger partial charge in [0.05, 0.1) is 23.2 Å². The van der Waals surface area contributed by atoms with Gasteiger partial charge >= 0.3 is 5.97 Å². The van der Waals surface area contributed by atoms with E-state index in [-0.39, 0.29) is 17.1 Å². The number of carbonyl (C=O) groups is 2. The molecular weight excluding hydrogens is 382 g/mol. The summed E-state index contributed by atoms with van der Waals surface area (Å²) >= 11 is 1.58. The van der Waals surface area contributed by atoms with E-state index < -0.39 is 0 Å². The van der Waals surface area contributed by atoms with Crippen LogP contribution in [0, 0.1) is 0 Å². The van der Waals surface area contributed by atoms with Crippen LogP contribution in [0.25, 0.3) is 0 Å². The van der Waals surface area contributed by atoms with E-state index in [9.17, 15) is 9.59 Å². The largest absolute Gasteiger partial charge is 0.462 e. The number of anilines is 1. The average Bonchev–Trinajstić information content (AvgIpc) is 2.76. The molecule has 0 unspecified atom stereocenters. The second kappa shape index (κ2) is 10.5. The van der Waals surface area contributed by atoms with Gasteiger partial charge < -0.3 is 10.1 Å². The van der Waals surface area contributed by atoms with Crippen molar-refractivity contribution in [3.05, 3.63) is 102 Å². The summed E-state index contributed by atoms with van der Waals surface area (Å²) in [5.41, 5.74) is 3.44. The summed E-state index contributed by atoms with van der Waals surface area (Å²) in [7, 11) is 0. The highest BCUT2D eigenvalue weighted by Crippen LogP contribution is 2.35. The van der Waals surface area contributed by atoms with Crippen LogP contribution in [0.3, 0.4) is 0 Å². The molecule has 5 heteroatoms. The van der Waals surface area contributed by atoms with Gasteiger partial charge in [-0.15, -0.1) is 11.8 Å². The summed E-state index contributed by atoms with van der Waals surface area (Å²) in [6.07, 6.45) is 0. The molecule has 0 aliphatic heterocycles. The highest BCUT2D eigenvalue weighted by Gasteiger charge is 2.16. The van der Waals surface area contributed by atoms with Crippen molar-refractivity contribution < 1.29 is 14.3 Å². The molecule has 0 bridgehead atoms. The number of ether oxygens (including phenoxy) is 1. The highest BCUT2D eigenvalue weighted by atomic mass is 32.2. The molecule has 3 aromatic rings. The molecule has 0 atom stereocenters. The fraction of sp³-hybridized carbons (Fsp3) is 0.167. The fourth-order valence-electron chi connectivity index (χ4n) is 2.90. The molecule has 3 rings (SSSR count). The lowest BCUT2D eigenvalue weighted by atomic mass is 10.0. The molecule has 0 aromatic heterocycles. The second-order valence-corrected chi connectivity index (χ2v) is 7.45. The lowest BCUT2D eigenvalue weighted by molar-refractivity contribution is -0.113. The monoisotopic (exact) mass is 405 g/mol. The molecule has 3 aromatic carbocycles. The van der Waals surface area contributed by atoms with Gasteiger partial charge in [0.25, 0.3) is 0 Å². The number of rotatable bonds is 8. The normalized spacial score (nSPS) is 10.6. The lowest BCUT2D eigenvalue weighted by Gasteiger charge is -2.17. The molecule has 0 radical (unpaired) electrons. The zero-order chi connectivity index (χ0) is 20.5. The first kappa shape index (κ1) is 20.7. The number of nitrogens with one attached hydrogen (secondary N) is 1. The molecule has 1 amide bonds. The predicted molar refractivity (Wildman–Crippen MR) is 118 cm³/mol. The third-order valence-electron chi connectivity index (χ3n) is 4.27. The smallest absolute Gasteiger partial charge is 0.338 e. The Labute approximate surface area is 175 Å². The molecule has 0 fully saturated rings. The Hall–Kier alpha value is -3.05.